The zero-order valence-electron chi connectivity index (χ0n) is 17.7. The number of aryl methyl sites for hydroxylation is 1. The molecule has 3 aromatic rings. The smallest absolute Gasteiger partial charge is 0.265 e. The highest BCUT2D eigenvalue weighted by Crippen LogP contribution is 2.37. The topological polar surface area (TPSA) is 105 Å². The number of amides is 1. The van der Waals surface area contributed by atoms with E-state index in [0.717, 1.165) is 27.4 Å². The van der Waals surface area contributed by atoms with E-state index in [1.54, 1.807) is 6.92 Å². The second-order valence-corrected chi connectivity index (χ2v) is 10.5. The van der Waals surface area contributed by atoms with Gasteiger partial charge in [-0.2, -0.15) is 0 Å². The van der Waals surface area contributed by atoms with E-state index in [2.05, 4.69) is 10.3 Å². The van der Waals surface area contributed by atoms with E-state index in [1.807, 2.05) is 0 Å². The summed E-state index contributed by atoms with van der Waals surface area (Å²) in [5, 5.41) is 3.57. The molecule has 1 heterocycles. The molecule has 0 saturated carbocycles. The van der Waals surface area contributed by atoms with Crippen molar-refractivity contribution in [2.24, 2.45) is 5.73 Å². The van der Waals surface area contributed by atoms with Gasteiger partial charge in [0.1, 0.15) is 16.6 Å². The summed E-state index contributed by atoms with van der Waals surface area (Å²) in [7, 11) is -4.33. The number of carbonyl (C=O) groups is 1. The number of nitrogens with one attached hydrogen (secondary N) is 1. The molecule has 0 spiro atoms. The van der Waals surface area contributed by atoms with Crippen molar-refractivity contribution in [2.75, 3.05) is 10.8 Å². The summed E-state index contributed by atoms with van der Waals surface area (Å²) in [4.78, 5) is 16.0. The first kappa shape index (κ1) is 25.0. The second-order valence-electron chi connectivity index (χ2n) is 7.16. The molecular formula is C21H21ClF2N4O3S2. The van der Waals surface area contributed by atoms with Crippen molar-refractivity contribution in [3.05, 3.63) is 74.7 Å². The number of halogens is 3. The molecule has 1 atom stereocenters. The average molecular weight is 515 g/mol. The first-order valence-electron chi connectivity index (χ1n) is 9.71. The van der Waals surface area contributed by atoms with Gasteiger partial charge in [-0.3, -0.25) is 9.10 Å². The molecule has 0 radical (unpaired) electrons. The molecule has 1 amide bonds. The molecule has 0 bridgehead atoms. The van der Waals surface area contributed by atoms with Crippen LogP contribution in [0.2, 0.25) is 5.02 Å². The third-order valence-electron chi connectivity index (χ3n) is 4.72. The van der Waals surface area contributed by atoms with Crippen LogP contribution in [-0.4, -0.2) is 25.9 Å². The lowest BCUT2D eigenvalue weighted by molar-refractivity contribution is -0.117. The minimum Gasteiger partial charge on any atom is -0.369 e. The number of thiazole rings is 1. The molecule has 3 N–H and O–H groups in total. The van der Waals surface area contributed by atoms with Crippen molar-refractivity contribution < 1.29 is 22.0 Å². The molecule has 7 nitrogen and oxygen atoms in total. The highest BCUT2D eigenvalue weighted by Gasteiger charge is 2.34. The van der Waals surface area contributed by atoms with Crippen molar-refractivity contribution in [1.29, 1.82) is 0 Å². The van der Waals surface area contributed by atoms with Gasteiger partial charge in [-0.1, -0.05) is 11.6 Å². The molecule has 0 saturated heterocycles. The summed E-state index contributed by atoms with van der Waals surface area (Å²) in [5.41, 5.74) is 5.30. The molecule has 1 aromatic heterocycles. The van der Waals surface area contributed by atoms with E-state index in [9.17, 15) is 22.0 Å². The number of benzene rings is 2. The van der Waals surface area contributed by atoms with Crippen molar-refractivity contribution in [2.45, 2.75) is 31.3 Å². The fourth-order valence-electron chi connectivity index (χ4n) is 3.11. The molecule has 3 rings (SSSR count). The van der Waals surface area contributed by atoms with Gasteiger partial charge < -0.3 is 11.1 Å². The fourth-order valence-corrected chi connectivity index (χ4v) is 6.01. The molecular weight excluding hydrogens is 494 g/mol. The van der Waals surface area contributed by atoms with E-state index in [1.165, 1.54) is 42.5 Å². The summed E-state index contributed by atoms with van der Waals surface area (Å²) < 4.78 is 56.7. The summed E-state index contributed by atoms with van der Waals surface area (Å²) in [6.45, 7) is 3.52. The molecule has 176 valence electrons. The number of primary amides is 1. The lowest BCUT2D eigenvalue weighted by Crippen LogP contribution is -2.34. The normalized spacial score (nSPS) is 12.5. The summed E-state index contributed by atoms with van der Waals surface area (Å²) >= 11 is 7.08. The number of hydrogen-bond donors (Lipinski definition) is 2. The Kier molecular flexibility index (Phi) is 7.68. The third kappa shape index (κ3) is 5.67. The molecule has 0 aliphatic carbocycles. The number of nitrogens with two attached hydrogens (primary N) is 1. The largest absolute Gasteiger partial charge is 0.369 e. The number of hydrogen-bond acceptors (Lipinski definition) is 6. The van der Waals surface area contributed by atoms with Gasteiger partial charge in [0, 0.05) is 22.5 Å². The first-order valence-corrected chi connectivity index (χ1v) is 12.3. The third-order valence-corrected chi connectivity index (χ3v) is 8.20. The molecule has 0 aliphatic rings. The number of carbonyl (C=O) groups excluding carboxylic acids is 1. The number of rotatable bonds is 9. The van der Waals surface area contributed by atoms with Crippen molar-refractivity contribution in [3.8, 4) is 0 Å². The number of anilines is 1. The van der Waals surface area contributed by atoms with Crippen LogP contribution >= 0.6 is 22.9 Å². The Bertz CT molecular complexity index is 1270. The maximum Gasteiger partial charge on any atom is 0.265 e. The minimum absolute atomic E-state index is 0.0339. The van der Waals surface area contributed by atoms with Crippen molar-refractivity contribution in [1.82, 2.24) is 10.3 Å². The summed E-state index contributed by atoms with van der Waals surface area (Å²) in [6, 6.07) is 7.01. The SMILES string of the molecule is Cc1nc(C(C)N(c2cc(F)ccc2F)S(=O)(=O)c2ccc(Cl)cc2)sc1CNCC(N)=O. The lowest BCUT2D eigenvalue weighted by Gasteiger charge is -2.29. The predicted octanol–water partition coefficient (Wildman–Crippen LogP) is 3.91. The summed E-state index contributed by atoms with van der Waals surface area (Å²) in [5.74, 6) is -2.22. The van der Waals surface area contributed by atoms with Gasteiger partial charge in [0.25, 0.3) is 10.0 Å². The van der Waals surface area contributed by atoms with Crippen LogP contribution in [0.1, 0.15) is 28.5 Å². The van der Waals surface area contributed by atoms with E-state index in [-0.39, 0.29) is 18.0 Å². The van der Waals surface area contributed by atoms with E-state index >= 15 is 0 Å². The Morgan fingerprint density at radius 2 is 1.91 bits per heavy atom. The van der Waals surface area contributed by atoms with E-state index < -0.39 is 39.3 Å². The van der Waals surface area contributed by atoms with Crippen LogP contribution in [0.4, 0.5) is 14.5 Å². The van der Waals surface area contributed by atoms with Gasteiger partial charge in [-0.05, 0) is 50.2 Å². The quantitative estimate of drug-likeness (QED) is 0.450. The van der Waals surface area contributed by atoms with Gasteiger partial charge in [0.05, 0.1) is 28.9 Å². The number of aromatic nitrogens is 1. The maximum absolute atomic E-state index is 14.8. The minimum atomic E-state index is -4.33. The Hall–Kier alpha value is -2.60. The fraction of sp³-hybridized carbons (Fsp3) is 0.238. The van der Waals surface area contributed by atoms with Crippen molar-refractivity contribution >= 4 is 44.6 Å². The van der Waals surface area contributed by atoms with Crippen LogP contribution in [-0.2, 0) is 21.4 Å². The molecule has 2 aromatic carbocycles. The van der Waals surface area contributed by atoms with Gasteiger partial charge in [-0.25, -0.2) is 22.2 Å². The highest BCUT2D eigenvalue weighted by atomic mass is 35.5. The molecule has 1 unspecified atom stereocenters. The Morgan fingerprint density at radius 1 is 1.24 bits per heavy atom. The molecule has 0 fully saturated rings. The van der Waals surface area contributed by atoms with E-state index in [0.29, 0.717) is 15.7 Å². The first-order chi connectivity index (χ1) is 15.5. The molecule has 12 heteroatoms. The van der Waals surface area contributed by atoms with Gasteiger partial charge in [-0.15, -0.1) is 11.3 Å². The van der Waals surface area contributed by atoms with E-state index in [4.69, 9.17) is 17.3 Å². The average Bonchev–Trinajstić information content (AvgIpc) is 3.11. The predicted molar refractivity (Wildman–Crippen MR) is 124 cm³/mol. The Balaban J connectivity index is 2.07. The lowest BCUT2D eigenvalue weighted by atomic mass is 10.2. The molecule has 0 aliphatic heterocycles. The maximum atomic E-state index is 14.8. The second kappa shape index (κ2) is 10.1. The monoisotopic (exact) mass is 514 g/mol. The van der Waals surface area contributed by atoms with Crippen molar-refractivity contribution in [3.63, 3.8) is 0 Å². The summed E-state index contributed by atoms with van der Waals surface area (Å²) in [6.07, 6.45) is 0. The highest BCUT2D eigenvalue weighted by molar-refractivity contribution is 7.92. The standard InChI is InChI=1S/C21H21ClF2N4O3S2/c1-12-19(10-26-11-20(25)29)32-21(27-12)13(2)28(18-9-15(23)5-8-17(18)24)33(30,31)16-6-3-14(22)4-7-16/h3-9,13,26H,10-11H2,1-2H3,(H2,25,29). The Labute approximate surface area is 199 Å². The zero-order valence-corrected chi connectivity index (χ0v) is 20.1. The number of nitrogens with zero attached hydrogens (tertiary/aromatic N) is 2. The van der Waals surface area contributed by atoms with Crippen LogP contribution in [0.3, 0.4) is 0 Å². The van der Waals surface area contributed by atoms with Crippen LogP contribution in [0, 0.1) is 18.6 Å². The van der Waals surface area contributed by atoms with Gasteiger partial charge >= 0.3 is 0 Å². The van der Waals surface area contributed by atoms with Crippen LogP contribution in [0.25, 0.3) is 0 Å². The number of sulfonamides is 1. The van der Waals surface area contributed by atoms with Crippen LogP contribution in [0.5, 0.6) is 0 Å². The molecule has 33 heavy (non-hydrogen) atoms. The zero-order chi connectivity index (χ0) is 24.3. The van der Waals surface area contributed by atoms with Gasteiger partial charge in [0.15, 0.2) is 0 Å². The van der Waals surface area contributed by atoms with Crippen LogP contribution < -0.4 is 15.4 Å². The van der Waals surface area contributed by atoms with Gasteiger partial charge in [0.2, 0.25) is 5.91 Å². The Morgan fingerprint density at radius 3 is 2.55 bits per heavy atom. The van der Waals surface area contributed by atoms with Crippen LogP contribution in [0.15, 0.2) is 47.4 Å².